The zero-order chi connectivity index (χ0) is 16.1. The highest BCUT2D eigenvalue weighted by molar-refractivity contribution is 7.99. The Bertz CT molecular complexity index is 802. The summed E-state index contributed by atoms with van der Waals surface area (Å²) in [5, 5.41) is 8.71. The van der Waals surface area contributed by atoms with Gasteiger partial charge in [0.25, 0.3) is 0 Å². The maximum Gasteiger partial charge on any atom is 0.196 e. The molecule has 1 aromatic heterocycles. The van der Waals surface area contributed by atoms with Crippen LogP contribution in [0, 0.1) is 0 Å². The predicted octanol–water partition coefficient (Wildman–Crippen LogP) is 3.25. The van der Waals surface area contributed by atoms with E-state index in [0.29, 0.717) is 16.5 Å². The van der Waals surface area contributed by atoms with Crippen LogP contribution in [0.15, 0.2) is 66.1 Å². The van der Waals surface area contributed by atoms with Gasteiger partial charge in [0.2, 0.25) is 0 Å². The lowest BCUT2D eigenvalue weighted by molar-refractivity contribution is 0.102. The molecule has 0 unspecified atom stereocenters. The Balaban J connectivity index is 1.75. The van der Waals surface area contributed by atoms with Crippen molar-refractivity contribution in [3.8, 4) is 11.4 Å². The van der Waals surface area contributed by atoms with Gasteiger partial charge in [-0.3, -0.25) is 9.36 Å². The predicted molar refractivity (Wildman–Crippen MR) is 89.4 cm³/mol. The van der Waals surface area contributed by atoms with Crippen molar-refractivity contribution in [2.75, 3.05) is 12.9 Å². The minimum Gasteiger partial charge on any atom is -0.497 e. The molecular formula is C17H15N3O2S. The molecule has 0 fully saturated rings. The third-order valence-corrected chi connectivity index (χ3v) is 4.22. The average molecular weight is 325 g/mol. The second kappa shape index (κ2) is 7.11. The minimum absolute atomic E-state index is 0.0655. The quantitative estimate of drug-likeness (QED) is 0.514. The van der Waals surface area contributed by atoms with Gasteiger partial charge in [-0.1, -0.05) is 48.2 Å². The SMILES string of the molecule is COc1cccc(-n2cnnc2SCC(=O)c2ccccc2)c1. The number of methoxy groups -OCH3 is 1. The van der Waals surface area contributed by atoms with Crippen LogP contribution >= 0.6 is 11.8 Å². The number of rotatable bonds is 6. The van der Waals surface area contributed by atoms with Gasteiger partial charge in [0.1, 0.15) is 12.1 Å². The van der Waals surface area contributed by atoms with Gasteiger partial charge in [-0.25, -0.2) is 0 Å². The van der Waals surface area contributed by atoms with Gasteiger partial charge in [-0.15, -0.1) is 10.2 Å². The summed E-state index contributed by atoms with van der Waals surface area (Å²) in [6.45, 7) is 0. The minimum atomic E-state index is 0.0655. The first-order chi connectivity index (χ1) is 11.3. The fraction of sp³-hybridized carbons (Fsp3) is 0.118. The first-order valence-corrected chi connectivity index (χ1v) is 8.02. The fourth-order valence-electron chi connectivity index (χ4n) is 2.10. The summed E-state index contributed by atoms with van der Waals surface area (Å²) >= 11 is 1.36. The van der Waals surface area contributed by atoms with E-state index in [-0.39, 0.29) is 5.78 Å². The van der Waals surface area contributed by atoms with Gasteiger partial charge in [0.05, 0.1) is 18.6 Å². The van der Waals surface area contributed by atoms with Crippen molar-refractivity contribution in [2.24, 2.45) is 0 Å². The number of aromatic nitrogens is 3. The van der Waals surface area contributed by atoms with E-state index in [0.717, 1.165) is 11.4 Å². The average Bonchev–Trinajstić information content (AvgIpc) is 3.09. The van der Waals surface area contributed by atoms with E-state index < -0.39 is 0 Å². The zero-order valence-electron chi connectivity index (χ0n) is 12.5. The molecule has 0 amide bonds. The second-order valence-corrected chi connectivity index (χ2v) is 5.71. The number of ketones is 1. The topological polar surface area (TPSA) is 57.0 Å². The van der Waals surface area contributed by atoms with Crippen LogP contribution in [-0.4, -0.2) is 33.4 Å². The van der Waals surface area contributed by atoms with E-state index in [1.807, 2.05) is 59.2 Å². The van der Waals surface area contributed by atoms with Crippen molar-refractivity contribution in [1.82, 2.24) is 14.8 Å². The van der Waals surface area contributed by atoms with Crippen molar-refractivity contribution >= 4 is 17.5 Å². The Morgan fingerprint density at radius 2 is 2.00 bits per heavy atom. The number of ether oxygens (including phenoxy) is 1. The van der Waals surface area contributed by atoms with Crippen LogP contribution in [0.25, 0.3) is 5.69 Å². The standard InChI is InChI=1S/C17H15N3O2S/c1-22-15-9-5-8-14(10-15)20-12-18-19-17(20)23-11-16(21)13-6-3-2-4-7-13/h2-10,12H,11H2,1H3. The van der Waals surface area contributed by atoms with Gasteiger partial charge in [-0.2, -0.15) is 0 Å². The van der Waals surface area contributed by atoms with Gasteiger partial charge in [-0.05, 0) is 12.1 Å². The molecule has 0 saturated carbocycles. The Labute approximate surface area is 138 Å². The summed E-state index contributed by atoms with van der Waals surface area (Å²) in [5.74, 6) is 1.13. The number of benzene rings is 2. The summed E-state index contributed by atoms with van der Waals surface area (Å²) in [6, 6.07) is 16.8. The fourth-order valence-corrected chi connectivity index (χ4v) is 2.92. The number of carbonyl (C=O) groups is 1. The normalized spacial score (nSPS) is 10.5. The molecule has 0 saturated heterocycles. The van der Waals surface area contributed by atoms with Crippen molar-refractivity contribution in [2.45, 2.75) is 5.16 Å². The van der Waals surface area contributed by atoms with Crippen LogP contribution in [0.5, 0.6) is 5.75 Å². The third-order valence-electron chi connectivity index (χ3n) is 3.28. The van der Waals surface area contributed by atoms with E-state index in [1.54, 1.807) is 13.4 Å². The Hall–Kier alpha value is -2.60. The largest absolute Gasteiger partial charge is 0.497 e. The number of Topliss-reactive ketones (excluding diaryl/α,β-unsaturated/α-hetero) is 1. The number of hydrogen-bond acceptors (Lipinski definition) is 5. The first-order valence-electron chi connectivity index (χ1n) is 7.03. The molecule has 3 rings (SSSR count). The van der Waals surface area contributed by atoms with Crippen LogP contribution < -0.4 is 4.74 Å². The van der Waals surface area contributed by atoms with E-state index >= 15 is 0 Å². The molecule has 0 atom stereocenters. The van der Waals surface area contributed by atoms with E-state index in [1.165, 1.54) is 11.8 Å². The second-order valence-electron chi connectivity index (χ2n) is 4.76. The number of nitrogens with zero attached hydrogens (tertiary/aromatic N) is 3. The number of hydrogen-bond donors (Lipinski definition) is 0. The Morgan fingerprint density at radius 3 is 2.78 bits per heavy atom. The highest BCUT2D eigenvalue weighted by Crippen LogP contribution is 2.23. The molecule has 0 radical (unpaired) electrons. The van der Waals surface area contributed by atoms with Crippen LogP contribution in [-0.2, 0) is 0 Å². The van der Waals surface area contributed by atoms with E-state index in [2.05, 4.69) is 10.2 Å². The Morgan fingerprint density at radius 1 is 1.17 bits per heavy atom. The zero-order valence-corrected chi connectivity index (χ0v) is 13.4. The van der Waals surface area contributed by atoms with Crippen molar-refractivity contribution in [3.05, 3.63) is 66.5 Å². The molecule has 0 aliphatic heterocycles. The molecule has 116 valence electrons. The highest BCUT2D eigenvalue weighted by Gasteiger charge is 2.11. The molecule has 3 aromatic rings. The van der Waals surface area contributed by atoms with Crippen LogP contribution in [0.3, 0.4) is 0 Å². The summed E-state index contributed by atoms with van der Waals surface area (Å²) in [6.07, 6.45) is 1.63. The van der Waals surface area contributed by atoms with Crippen LogP contribution in [0.2, 0.25) is 0 Å². The van der Waals surface area contributed by atoms with Crippen molar-refractivity contribution < 1.29 is 9.53 Å². The lowest BCUT2D eigenvalue weighted by atomic mass is 10.2. The molecule has 6 heteroatoms. The smallest absolute Gasteiger partial charge is 0.196 e. The van der Waals surface area contributed by atoms with Gasteiger partial charge < -0.3 is 4.74 Å². The lowest BCUT2D eigenvalue weighted by Gasteiger charge is -2.07. The molecule has 5 nitrogen and oxygen atoms in total. The molecule has 2 aromatic carbocycles. The summed E-state index contributed by atoms with van der Waals surface area (Å²) in [5.41, 5.74) is 1.59. The van der Waals surface area contributed by atoms with Crippen molar-refractivity contribution in [3.63, 3.8) is 0 Å². The van der Waals surface area contributed by atoms with Gasteiger partial charge in [0.15, 0.2) is 10.9 Å². The Kier molecular flexibility index (Phi) is 4.73. The van der Waals surface area contributed by atoms with Gasteiger partial charge >= 0.3 is 0 Å². The van der Waals surface area contributed by atoms with Crippen molar-refractivity contribution in [1.29, 1.82) is 0 Å². The lowest BCUT2D eigenvalue weighted by Crippen LogP contribution is -2.04. The summed E-state index contributed by atoms with van der Waals surface area (Å²) in [7, 11) is 1.62. The number of thioether (sulfide) groups is 1. The third kappa shape index (κ3) is 3.60. The molecule has 0 N–H and O–H groups in total. The maximum atomic E-state index is 12.2. The van der Waals surface area contributed by atoms with Crippen LogP contribution in [0.1, 0.15) is 10.4 Å². The summed E-state index contributed by atoms with van der Waals surface area (Å²) < 4.78 is 7.07. The molecular weight excluding hydrogens is 310 g/mol. The van der Waals surface area contributed by atoms with Gasteiger partial charge in [0, 0.05) is 11.6 Å². The number of carbonyl (C=O) groups excluding carboxylic acids is 1. The first kappa shape index (κ1) is 15.3. The molecule has 0 spiro atoms. The molecule has 0 aliphatic carbocycles. The van der Waals surface area contributed by atoms with E-state index in [9.17, 15) is 4.79 Å². The van der Waals surface area contributed by atoms with E-state index in [4.69, 9.17) is 4.74 Å². The maximum absolute atomic E-state index is 12.2. The summed E-state index contributed by atoms with van der Waals surface area (Å²) in [4.78, 5) is 12.2. The molecule has 1 heterocycles. The highest BCUT2D eigenvalue weighted by atomic mass is 32.2. The molecule has 23 heavy (non-hydrogen) atoms. The molecule has 0 bridgehead atoms. The van der Waals surface area contributed by atoms with Crippen LogP contribution in [0.4, 0.5) is 0 Å². The molecule has 0 aliphatic rings. The monoisotopic (exact) mass is 325 g/mol.